The highest BCUT2D eigenvalue weighted by Gasteiger charge is 2.12. The molecule has 3 aromatic rings. The van der Waals surface area contributed by atoms with Crippen LogP contribution in [0, 0.1) is 6.92 Å². The minimum atomic E-state index is -0.283. The summed E-state index contributed by atoms with van der Waals surface area (Å²) in [4.78, 5) is 17.6. The number of urea groups is 1. The molecule has 0 bridgehead atoms. The summed E-state index contributed by atoms with van der Waals surface area (Å²) in [5, 5.41) is 7.73. The molecule has 0 radical (unpaired) electrons. The van der Waals surface area contributed by atoms with Crippen molar-refractivity contribution in [2.75, 3.05) is 5.32 Å². The Morgan fingerprint density at radius 3 is 2.56 bits per heavy atom. The number of carbonyl (C=O) groups is 1. The van der Waals surface area contributed by atoms with E-state index in [4.69, 9.17) is 23.2 Å². The fraction of sp³-hybridized carbons (Fsp3) is 0.111. The van der Waals surface area contributed by atoms with E-state index in [1.807, 2.05) is 31.2 Å². The lowest BCUT2D eigenvalue weighted by molar-refractivity contribution is 0.252. The third kappa shape index (κ3) is 4.51. The molecule has 0 aliphatic rings. The second-order valence-corrected chi connectivity index (χ2v) is 7.25. The van der Waals surface area contributed by atoms with Crippen molar-refractivity contribution >= 4 is 46.3 Å². The molecule has 3 rings (SSSR count). The summed E-state index contributed by atoms with van der Waals surface area (Å²) in [6.45, 7) is 2.32. The van der Waals surface area contributed by atoms with Crippen molar-refractivity contribution in [2.45, 2.75) is 13.5 Å². The molecule has 25 heavy (non-hydrogen) atoms. The summed E-state index contributed by atoms with van der Waals surface area (Å²) in [6.07, 6.45) is 0. The van der Waals surface area contributed by atoms with Crippen LogP contribution in [0.3, 0.4) is 0 Å². The Morgan fingerprint density at radius 1 is 1.12 bits per heavy atom. The van der Waals surface area contributed by atoms with Crippen molar-refractivity contribution in [1.29, 1.82) is 0 Å². The molecular weight excluding hydrogens is 377 g/mol. The fourth-order valence-corrected chi connectivity index (χ4v) is 3.66. The molecule has 0 spiro atoms. The van der Waals surface area contributed by atoms with E-state index in [9.17, 15) is 4.79 Å². The van der Waals surface area contributed by atoms with Gasteiger partial charge in [0.2, 0.25) is 0 Å². The minimum absolute atomic E-state index is 0.283. The summed E-state index contributed by atoms with van der Waals surface area (Å²) in [5.41, 5.74) is 2.46. The molecular formula is C18H15Cl2N3OS. The van der Waals surface area contributed by atoms with Crippen molar-refractivity contribution in [1.82, 2.24) is 10.3 Å². The summed E-state index contributed by atoms with van der Waals surface area (Å²) < 4.78 is 0. The molecule has 0 aliphatic carbocycles. The van der Waals surface area contributed by atoms with Crippen molar-refractivity contribution in [3.05, 3.63) is 69.1 Å². The highest BCUT2D eigenvalue weighted by atomic mass is 35.5. The van der Waals surface area contributed by atoms with Gasteiger partial charge in [0, 0.05) is 21.2 Å². The topological polar surface area (TPSA) is 54.0 Å². The van der Waals surface area contributed by atoms with Gasteiger partial charge in [-0.1, -0.05) is 41.4 Å². The number of nitrogens with one attached hydrogen (secondary N) is 2. The molecule has 2 N–H and O–H groups in total. The van der Waals surface area contributed by atoms with E-state index in [-0.39, 0.29) is 6.03 Å². The Kier molecular flexibility index (Phi) is 5.58. The van der Waals surface area contributed by atoms with E-state index in [1.165, 1.54) is 11.3 Å². The zero-order chi connectivity index (χ0) is 17.8. The number of hydrogen-bond donors (Lipinski definition) is 2. The summed E-state index contributed by atoms with van der Waals surface area (Å²) in [6, 6.07) is 14.2. The molecule has 0 fully saturated rings. The number of hydrogen-bond acceptors (Lipinski definition) is 3. The van der Waals surface area contributed by atoms with Gasteiger partial charge in [0.1, 0.15) is 5.01 Å². The number of halogens is 2. The third-order valence-corrected chi connectivity index (χ3v) is 5.28. The van der Waals surface area contributed by atoms with Crippen LogP contribution in [-0.2, 0) is 6.54 Å². The largest absolute Gasteiger partial charge is 0.333 e. The fourth-order valence-electron chi connectivity index (χ4n) is 2.21. The Morgan fingerprint density at radius 2 is 1.84 bits per heavy atom. The quantitative estimate of drug-likeness (QED) is 0.594. The van der Waals surface area contributed by atoms with Gasteiger partial charge in [0.15, 0.2) is 0 Å². The van der Waals surface area contributed by atoms with Crippen LogP contribution < -0.4 is 10.6 Å². The molecule has 0 atom stereocenters. The standard InChI is InChI=1S/C18H15Cl2N3OS/c1-11-16(25-17(22-11)14-4-2-3-5-15(14)20)10-21-18(24)23-13-8-6-12(19)7-9-13/h2-9H,10H2,1H3,(H2,21,23,24). The van der Waals surface area contributed by atoms with E-state index in [0.717, 1.165) is 21.1 Å². The number of aromatic nitrogens is 1. The van der Waals surface area contributed by atoms with E-state index in [2.05, 4.69) is 15.6 Å². The first-order valence-corrected chi connectivity index (χ1v) is 9.12. The molecule has 0 saturated carbocycles. The number of amides is 2. The average Bonchev–Trinajstić information content (AvgIpc) is 2.96. The first-order chi connectivity index (χ1) is 12.0. The smallest absolute Gasteiger partial charge is 0.319 e. The highest BCUT2D eigenvalue weighted by Crippen LogP contribution is 2.32. The number of aryl methyl sites for hydroxylation is 1. The van der Waals surface area contributed by atoms with Gasteiger partial charge in [-0.3, -0.25) is 0 Å². The monoisotopic (exact) mass is 391 g/mol. The van der Waals surface area contributed by atoms with Crippen LogP contribution >= 0.6 is 34.5 Å². The molecule has 1 heterocycles. The van der Waals surface area contributed by atoms with Crippen molar-refractivity contribution in [2.24, 2.45) is 0 Å². The first kappa shape index (κ1) is 17.7. The van der Waals surface area contributed by atoms with Gasteiger partial charge in [-0.15, -0.1) is 11.3 Å². The van der Waals surface area contributed by atoms with Crippen LogP contribution in [0.4, 0.5) is 10.5 Å². The van der Waals surface area contributed by atoms with Gasteiger partial charge in [-0.05, 0) is 37.3 Å². The zero-order valence-electron chi connectivity index (χ0n) is 13.3. The van der Waals surface area contributed by atoms with Gasteiger partial charge in [-0.2, -0.15) is 0 Å². The summed E-state index contributed by atoms with van der Waals surface area (Å²) in [7, 11) is 0. The molecule has 2 aromatic carbocycles. The minimum Gasteiger partial charge on any atom is -0.333 e. The van der Waals surface area contributed by atoms with Crippen molar-refractivity contribution in [3.63, 3.8) is 0 Å². The molecule has 0 aliphatic heterocycles. The van der Waals surface area contributed by atoms with Crippen molar-refractivity contribution < 1.29 is 4.79 Å². The van der Waals surface area contributed by atoms with Gasteiger partial charge in [0.05, 0.1) is 17.3 Å². The van der Waals surface area contributed by atoms with Crippen LogP contribution in [0.1, 0.15) is 10.6 Å². The summed E-state index contributed by atoms with van der Waals surface area (Å²) >= 11 is 13.6. The molecule has 1 aromatic heterocycles. The maximum absolute atomic E-state index is 12.0. The third-order valence-electron chi connectivity index (χ3n) is 3.51. The van der Waals surface area contributed by atoms with Crippen LogP contribution in [0.5, 0.6) is 0 Å². The molecule has 0 unspecified atom stereocenters. The lowest BCUT2D eigenvalue weighted by atomic mass is 10.2. The van der Waals surface area contributed by atoms with Gasteiger partial charge in [0.25, 0.3) is 0 Å². The SMILES string of the molecule is Cc1nc(-c2ccccc2Cl)sc1CNC(=O)Nc1ccc(Cl)cc1. The van der Waals surface area contributed by atoms with E-state index in [1.54, 1.807) is 24.3 Å². The second-order valence-electron chi connectivity index (χ2n) is 5.32. The average molecular weight is 392 g/mol. The number of thiazole rings is 1. The summed E-state index contributed by atoms with van der Waals surface area (Å²) in [5.74, 6) is 0. The van der Waals surface area contributed by atoms with E-state index >= 15 is 0 Å². The lowest BCUT2D eigenvalue weighted by Gasteiger charge is -2.07. The maximum atomic E-state index is 12.0. The van der Waals surface area contributed by atoms with E-state index in [0.29, 0.717) is 22.3 Å². The second kappa shape index (κ2) is 7.87. The predicted octanol–water partition coefficient (Wildman–Crippen LogP) is 5.75. The highest BCUT2D eigenvalue weighted by molar-refractivity contribution is 7.15. The van der Waals surface area contributed by atoms with E-state index < -0.39 is 0 Å². The molecule has 0 saturated heterocycles. The normalized spacial score (nSPS) is 10.5. The lowest BCUT2D eigenvalue weighted by Crippen LogP contribution is -2.28. The Balaban J connectivity index is 1.64. The van der Waals surface area contributed by atoms with Crippen LogP contribution in [-0.4, -0.2) is 11.0 Å². The van der Waals surface area contributed by atoms with Crippen LogP contribution in [0.15, 0.2) is 48.5 Å². The van der Waals surface area contributed by atoms with Gasteiger partial charge in [-0.25, -0.2) is 9.78 Å². The Hall–Kier alpha value is -2.08. The molecule has 2 amide bonds. The number of rotatable bonds is 4. The predicted molar refractivity (Wildman–Crippen MR) is 105 cm³/mol. The first-order valence-electron chi connectivity index (χ1n) is 7.54. The molecule has 4 nitrogen and oxygen atoms in total. The number of carbonyl (C=O) groups excluding carboxylic acids is 1. The molecule has 7 heteroatoms. The Labute approximate surface area is 159 Å². The molecule has 128 valence electrons. The Bertz CT molecular complexity index is 894. The van der Waals surface area contributed by atoms with Crippen LogP contribution in [0.25, 0.3) is 10.6 Å². The van der Waals surface area contributed by atoms with Gasteiger partial charge >= 0.3 is 6.03 Å². The van der Waals surface area contributed by atoms with Crippen molar-refractivity contribution in [3.8, 4) is 10.6 Å². The number of anilines is 1. The zero-order valence-corrected chi connectivity index (χ0v) is 15.7. The van der Waals surface area contributed by atoms with Gasteiger partial charge < -0.3 is 10.6 Å². The van der Waals surface area contributed by atoms with Crippen LogP contribution in [0.2, 0.25) is 10.0 Å². The number of benzene rings is 2. The maximum Gasteiger partial charge on any atom is 0.319 e. The number of nitrogens with zero attached hydrogens (tertiary/aromatic N) is 1.